The van der Waals surface area contributed by atoms with Crippen LogP contribution in [-0.2, 0) is 0 Å². The van der Waals surface area contributed by atoms with E-state index in [0.717, 1.165) is 0 Å². The van der Waals surface area contributed by atoms with Gasteiger partial charge in [0.05, 0.1) is 23.8 Å². The average molecular weight is 365 g/mol. The third-order valence-corrected chi connectivity index (χ3v) is 3.70. The zero-order valence-corrected chi connectivity index (χ0v) is 14.3. The molecule has 0 radical (unpaired) electrons. The van der Waals surface area contributed by atoms with Crippen molar-refractivity contribution >= 4 is 17.8 Å². The smallest absolute Gasteiger partial charge is 0.280 e. The molecular formula is C19H15N3O5. The molecule has 0 spiro atoms. The predicted molar refractivity (Wildman–Crippen MR) is 98.9 cm³/mol. The van der Waals surface area contributed by atoms with Gasteiger partial charge < -0.3 is 9.15 Å². The molecule has 1 N–H and O–H groups in total. The summed E-state index contributed by atoms with van der Waals surface area (Å²) in [6.07, 6.45) is 1.32. The molecule has 0 saturated heterocycles. The highest BCUT2D eigenvalue weighted by Crippen LogP contribution is 2.30. The summed E-state index contributed by atoms with van der Waals surface area (Å²) in [6.45, 7) is 0. The number of furan rings is 1. The molecule has 1 amide bonds. The molecule has 0 fully saturated rings. The fourth-order valence-electron chi connectivity index (χ4n) is 2.37. The molecular weight excluding hydrogens is 350 g/mol. The maximum absolute atomic E-state index is 12.0. The van der Waals surface area contributed by atoms with Crippen molar-refractivity contribution < 1.29 is 18.9 Å². The zero-order chi connectivity index (χ0) is 19.2. The van der Waals surface area contributed by atoms with Gasteiger partial charge in [0.15, 0.2) is 0 Å². The number of hydrogen-bond donors (Lipinski definition) is 1. The Balaban J connectivity index is 1.69. The van der Waals surface area contributed by atoms with Crippen LogP contribution in [0.1, 0.15) is 16.1 Å². The van der Waals surface area contributed by atoms with Crippen molar-refractivity contribution in [2.24, 2.45) is 5.10 Å². The highest BCUT2D eigenvalue weighted by Gasteiger charge is 2.16. The van der Waals surface area contributed by atoms with E-state index < -0.39 is 4.92 Å². The van der Waals surface area contributed by atoms with Crippen LogP contribution >= 0.6 is 0 Å². The summed E-state index contributed by atoms with van der Waals surface area (Å²) in [7, 11) is 1.54. The van der Waals surface area contributed by atoms with Gasteiger partial charge in [-0.25, -0.2) is 5.43 Å². The third kappa shape index (κ3) is 4.18. The Morgan fingerprint density at radius 2 is 1.89 bits per heavy atom. The molecule has 1 heterocycles. The monoisotopic (exact) mass is 365 g/mol. The first kappa shape index (κ1) is 17.9. The number of para-hydroxylation sites is 1. The van der Waals surface area contributed by atoms with Crippen LogP contribution in [0.15, 0.2) is 70.2 Å². The van der Waals surface area contributed by atoms with Crippen LogP contribution in [0.4, 0.5) is 5.69 Å². The summed E-state index contributed by atoms with van der Waals surface area (Å²) < 4.78 is 10.6. The molecule has 0 saturated carbocycles. The first-order valence-electron chi connectivity index (χ1n) is 7.89. The van der Waals surface area contributed by atoms with Gasteiger partial charge in [0.1, 0.15) is 17.3 Å². The molecule has 8 nitrogen and oxygen atoms in total. The van der Waals surface area contributed by atoms with E-state index in [4.69, 9.17) is 9.15 Å². The molecule has 27 heavy (non-hydrogen) atoms. The zero-order valence-electron chi connectivity index (χ0n) is 14.3. The van der Waals surface area contributed by atoms with Crippen molar-refractivity contribution in [1.82, 2.24) is 5.43 Å². The van der Waals surface area contributed by atoms with Crippen molar-refractivity contribution in [3.05, 3.63) is 82.1 Å². The van der Waals surface area contributed by atoms with E-state index in [1.54, 1.807) is 61.7 Å². The van der Waals surface area contributed by atoms with Crippen molar-refractivity contribution in [2.75, 3.05) is 7.11 Å². The van der Waals surface area contributed by atoms with Crippen LogP contribution in [0.5, 0.6) is 5.75 Å². The largest absolute Gasteiger partial charge is 0.497 e. The normalized spacial score (nSPS) is 10.7. The van der Waals surface area contributed by atoms with E-state index in [9.17, 15) is 14.9 Å². The van der Waals surface area contributed by atoms with Gasteiger partial charge >= 0.3 is 0 Å². The summed E-state index contributed by atoms with van der Waals surface area (Å²) in [6, 6.07) is 16.1. The highest BCUT2D eigenvalue weighted by molar-refractivity contribution is 5.94. The third-order valence-electron chi connectivity index (χ3n) is 3.70. The average Bonchev–Trinajstić information content (AvgIpc) is 3.16. The Morgan fingerprint density at radius 1 is 1.15 bits per heavy atom. The Kier molecular flexibility index (Phi) is 5.27. The Labute approximate surface area is 154 Å². The molecule has 0 aliphatic rings. The molecule has 3 aromatic rings. The van der Waals surface area contributed by atoms with Crippen molar-refractivity contribution in [1.29, 1.82) is 0 Å². The number of nitrogens with zero attached hydrogens (tertiary/aromatic N) is 2. The topological polar surface area (TPSA) is 107 Å². The predicted octanol–water partition coefficient (Wildman–Crippen LogP) is 3.63. The maximum Gasteiger partial charge on any atom is 0.280 e. The van der Waals surface area contributed by atoms with Gasteiger partial charge in [-0.05, 0) is 42.5 Å². The molecule has 8 heteroatoms. The second-order valence-electron chi connectivity index (χ2n) is 5.40. The number of carbonyl (C=O) groups excluding carboxylic acids is 1. The molecule has 3 rings (SSSR count). The van der Waals surface area contributed by atoms with Gasteiger partial charge in [0.2, 0.25) is 0 Å². The summed E-state index contributed by atoms with van der Waals surface area (Å²) in [5.74, 6) is 0.941. The minimum absolute atomic E-state index is 0.0526. The van der Waals surface area contributed by atoms with Crippen LogP contribution in [0.25, 0.3) is 11.3 Å². The lowest BCUT2D eigenvalue weighted by atomic mass is 10.1. The molecule has 0 aliphatic heterocycles. The number of amides is 1. The van der Waals surface area contributed by atoms with E-state index >= 15 is 0 Å². The van der Waals surface area contributed by atoms with E-state index in [1.165, 1.54) is 12.3 Å². The molecule has 2 aromatic carbocycles. The van der Waals surface area contributed by atoms with Crippen molar-refractivity contribution in [3.63, 3.8) is 0 Å². The number of nitro benzene ring substituents is 1. The van der Waals surface area contributed by atoms with Gasteiger partial charge in [-0.3, -0.25) is 14.9 Å². The fourth-order valence-corrected chi connectivity index (χ4v) is 2.37. The van der Waals surface area contributed by atoms with Gasteiger partial charge in [-0.1, -0.05) is 12.1 Å². The quantitative estimate of drug-likeness (QED) is 0.408. The summed E-state index contributed by atoms with van der Waals surface area (Å²) >= 11 is 0. The molecule has 0 aliphatic carbocycles. The number of rotatable bonds is 6. The summed E-state index contributed by atoms with van der Waals surface area (Å²) in [5, 5.41) is 14.9. The first-order chi connectivity index (χ1) is 13.1. The van der Waals surface area contributed by atoms with E-state index in [2.05, 4.69) is 10.5 Å². The number of ether oxygens (including phenoxy) is 1. The number of hydrogen-bond acceptors (Lipinski definition) is 6. The lowest BCUT2D eigenvalue weighted by Gasteiger charge is -2.01. The minimum atomic E-state index is -0.472. The number of hydrazone groups is 1. The minimum Gasteiger partial charge on any atom is -0.497 e. The number of benzene rings is 2. The fraction of sp³-hybridized carbons (Fsp3) is 0.0526. The molecule has 0 unspecified atom stereocenters. The lowest BCUT2D eigenvalue weighted by Crippen LogP contribution is -2.17. The van der Waals surface area contributed by atoms with Crippen LogP contribution in [0, 0.1) is 10.1 Å². The Morgan fingerprint density at radius 3 is 2.59 bits per heavy atom. The summed E-state index contributed by atoms with van der Waals surface area (Å²) in [4.78, 5) is 22.6. The van der Waals surface area contributed by atoms with Crippen LogP contribution in [-0.4, -0.2) is 24.2 Å². The number of nitro groups is 1. The van der Waals surface area contributed by atoms with Gasteiger partial charge in [-0.15, -0.1) is 0 Å². The van der Waals surface area contributed by atoms with Crippen LogP contribution in [0.2, 0.25) is 0 Å². The van der Waals surface area contributed by atoms with Gasteiger partial charge in [0.25, 0.3) is 11.6 Å². The lowest BCUT2D eigenvalue weighted by molar-refractivity contribution is -0.384. The molecule has 1 aromatic heterocycles. The standard InChI is InChI=1S/C19H15N3O5/c1-26-14-8-6-13(7-9-14)19(23)21-20-12-15-10-11-18(27-15)16-4-2-3-5-17(16)22(24)25/h2-12H,1H3,(H,21,23). The first-order valence-corrected chi connectivity index (χ1v) is 7.89. The summed E-state index contributed by atoms with van der Waals surface area (Å²) in [5.41, 5.74) is 3.12. The number of carbonyl (C=O) groups is 1. The van der Waals surface area contributed by atoms with E-state index in [1.807, 2.05) is 0 Å². The van der Waals surface area contributed by atoms with E-state index in [0.29, 0.717) is 28.4 Å². The van der Waals surface area contributed by atoms with E-state index in [-0.39, 0.29) is 11.6 Å². The second-order valence-corrected chi connectivity index (χ2v) is 5.40. The van der Waals surface area contributed by atoms with Crippen molar-refractivity contribution in [3.8, 4) is 17.1 Å². The molecule has 0 bridgehead atoms. The molecule has 0 atom stereocenters. The Bertz CT molecular complexity index is 993. The second kappa shape index (κ2) is 7.96. The SMILES string of the molecule is COc1ccc(C(=O)NN=Cc2ccc(-c3ccccc3[N+](=O)[O-])o2)cc1. The number of methoxy groups -OCH3 is 1. The van der Waals surface area contributed by atoms with Crippen LogP contribution in [0.3, 0.4) is 0 Å². The van der Waals surface area contributed by atoms with Crippen LogP contribution < -0.4 is 10.2 Å². The van der Waals surface area contributed by atoms with Gasteiger partial charge in [0, 0.05) is 11.6 Å². The van der Waals surface area contributed by atoms with Crippen molar-refractivity contribution in [2.45, 2.75) is 0 Å². The highest BCUT2D eigenvalue weighted by atomic mass is 16.6. The maximum atomic E-state index is 12.0. The van der Waals surface area contributed by atoms with Gasteiger partial charge in [-0.2, -0.15) is 5.10 Å². The number of nitrogens with one attached hydrogen (secondary N) is 1. The Hall–Kier alpha value is -3.94. The molecule has 136 valence electrons.